The largest absolute Gasteiger partial charge is 0.511 e. The predicted molar refractivity (Wildman–Crippen MR) is 151 cm³/mol. The van der Waals surface area contributed by atoms with Gasteiger partial charge in [0.05, 0.1) is 18.8 Å². The second-order valence-corrected chi connectivity index (χ2v) is 13.4. The van der Waals surface area contributed by atoms with E-state index in [1.54, 1.807) is 19.1 Å². The van der Waals surface area contributed by atoms with Crippen LogP contribution in [0.1, 0.15) is 60.8 Å². The minimum absolute atomic E-state index is 0.0739. The summed E-state index contributed by atoms with van der Waals surface area (Å²) in [6.45, 7) is 11.5. The van der Waals surface area contributed by atoms with Gasteiger partial charge in [0.2, 0.25) is 5.78 Å². The SMILES string of the molecule is C/C1=C\[C@@H]2C=C(CO)[C@H](C)C[C@]23OC(=O)/C(=C(/O)[C@@]2(C)[C@H]4[C@H](C=C[C@H]2/C(C)=C/C[C@@H]1O)[C@@H](O)[C@@H](C)C[C@@H]4C)C3=O. The number of Topliss-reactive ketones (excluding diaryl/α,β-unsaturated/α-hetero) is 1. The van der Waals surface area contributed by atoms with Gasteiger partial charge in [0.1, 0.15) is 11.3 Å². The lowest BCUT2D eigenvalue weighted by atomic mass is 9.49. The molecule has 4 aliphatic carbocycles. The van der Waals surface area contributed by atoms with E-state index >= 15 is 0 Å². The first-order valence-corrected chi connectivity index (χ1v) is 14.7. The molecule has 40 heavy (non-hydrogen) atoms. The van der Waals surface area contributed by atoms with Crippen molar-refractivity contribution in [2.75, 3.05) is 6.61 Å². The average Bonchev–Trinajstić information content (AvgIpc) is 3.14. The molecule has 0 aromatic carbocycles. The molecule has 1 saturated heterocycles. The molecule has 2 bridgehead atoms. The third kappa shape index (κ3) is 4.11. The maximum Gasteiger partial charge on any atom is 0.346 e. The summed E-state index contributed by atoms with van der Waals surface area (Å²) in [6.07, 6.45) is 9.38. The quantitative estimate of drug-likeness (QED) is 0.217. The van der Waals surface area contributed by atoms with E-state index < -0.39 is 40.9 Å². The minimum Gasteiger partial charge on any atom is -0.511 e. The number of carbonyl (C=O) groups excluding carboxylic acids is 2. The highest BCUT2D eigenvalue weighted by Crippen LogP contribution is 2.60. The van der Waals surface area contributed by atoms with Crippen LogP contribution < -0.4 is 0 Å². The Labute approximate surface area is 237 Å². The van der Waals surface area contributed by atoms with Gasteiger partial charge in [0, 0.05) is 29.6 Å². The molecule has 5 aliphatic rings. The molecule has 1 spiro atoms. The van der Waals surface area contributed by atoms with Crippen molar-refractivity contribution in [3.05, 3.63) is 58.4 Å². The number of rotatable bonds is 1. The molecule has 11 atom stereocenters. The first kappa shape index (κ1) is 29.0. The van der Waals surface area contributed by atoms with Gasteiger partial charge in [-0.05, 0) is 61.5 Å². The Bertz CT molecular complexity index is 1250. The molecule has 1 saturated carbocycles. The Morgan fingerprint density at radius 1 is 1.02 bits per heavy atom. The number of ether oxygens (including phenoxy) is 1. The first-order chi connectivity index (χ1) is 18.8. The van der Waals surface area contributed by atoms with Crippen LogP contribution in [0, 0.1) is 46.8 Å². The number of fused-ring (bicyclic) bond motifs is 4. The lowest BCUT2D eigenvalue weighted by Gasteiger charge is -2.55. The fourth-order valence-corrected chi connectivity index (χ4v) is 8.69. The molecule has 1 aliphatic heterocycles. The number of aliphatic hydroxyl groups is 4. The molecule has 7 nitrogen and oxygen atoms in total. The molecule has 4 N–H and O–H groups in total. The number of hydrogen-bond donors (Lipinski definition) is 4. The number of carbonyl (C=O) groups is 2. The molecular weight excluding hydrogens is 508 g/mol. The summed E-state index contributed by atoms with van der Waals surface area (Å²) in [4.78, 5) is 28.1. The molecule has 218 valence electrons. The van der Waals surface area contributed by atoms with Crippen molar-refractivity contribution in [1.82, 2.24) is 0 Å². The van der Waals surface area contributed by atoms with Gasteiger partial charge in [-0.25, -0.2) is 4.79 Å². The average molecular weight is 553 g/mol. The van der Waals surface area contributed by atoms with Crippen molar-refractivity contribution < 1.29 is 34.8 Å². The van der Waals surface area contributed by atoms with Gasteiger partial charge in [0.15, 0.2) is 5.60 Å². The Balaban J connectivity index is 1.78. The molecular formula is C33H44O7. The zero-order valence-electron chi connectivity index (χ0n) is 24.4. The van der Waals surface area contributed by atoms with Crippen LogP contribution in [0.25, 0.3) is 0 Å². The topological polar surface area (TPSA) is 124 Å². The van der Waals surface area contributed by atoms with Crippen molar-refractivity contribution >= 4 is 11.8 Å². The maximum absolute atomic E-state index is 14.4. The fraction of sp³-hybridized carbons (Fsp3) is 0.636. The molecule has 2 fully saturated rings. The Kier molecular flexibility index (Phi) is 7.33. The number of esters is 1. The van der Waals surface area contributed by atoms with Gasteiger partial charge in [-0.3, -0.25) is 4.79 Å². The van der Waals surface area contributed by atoms with E-state index in [1.807, 2.05) is 45.9 Å². The third-order valence-corrected chi connectivity index (χ3v) is 10.9. The summed E-state index contributed by atoms with van der Waals surface area (Å²) in [6, 6.07) is 0. The monoisotopic (exact) mass is 552 g/mol. The third-order valence-electron chi connectivity index (χ3n) is 10.9. The molecule has 1 heterocycles. The van der Waals surface area contributed by atoms with Crippen LogP contribution in [0.3, 0.4) is 0 Å². The van der Waals surface area contributed by atoms with Crippen LogP contribution in [-0.4, -0.2) is 56.6 Å². The van der Waals surface area contributed by atoms with Gasteiger partial charge >= 0.3 is 5.97 Å². The predicted octanol–water partition coefficient (Wildman–Crippen LogP) is 4.36. The van der Waals surface area contributed by atoms with Crippen molar-refractivity contribution in [3.63, 3.8) is 0 Å². The second kappa shape index (κ2) is 10.1. The molecule has 0 radical (unpaired) electrons. The number of hydrogen-bond acceptors (Lipinski definition) is 7. The van der Waals surface area contributed by atoms with Crippen LogP contribution in [0.5, 0.6) is 0 Å². The van der Waals surface area contributed by atoms with Gasteiger partial charge in [-0.15, -0.1) is 0 Å². The van der Waals surface area contributed by atoms with Gasteiger partial charge < -0.3 is 25.2 Å². The zero-order valence-corrected chi connectivity index (χ0v) is 24.4. The summed E-state index contributed by atoms with van der Waals surface area (Å²) in [5, 5.41) is 44.6. The highest BCUT2D eigenvalue weighted by molar-refractivity contribution is 6.26. The summed E-state index contributed by atoms with van der Waals surface area (Å²) in [5.41, 5.74) is -0.652. The summed E-state index contributed by atoms with van der Waals surface area (Å²) >= 11 is 0. The second-order valence-electron chi connectivity index (χ2n) is 13.4. The normalized spacial score (nSPS) is 49.9. The van der Waals surface area contributed by atoms with E-state index in [0.29, 0.717) is 12.0 Å². The van der Waals surface area contributed by atoms with Crippen molar-refractivity contribution in [2.24, 2.45) is 46.8 Å². The van der Waals surface area contributed by atoms with Crippen LogP contribution in [0.4, 0.5) is 0 Å². The Morgan fingerprint density at radius 2 is 1.73 bits per heavy atom. The fourth-order valence-electron chi connectivity index (χ4n) is 8.69. The van der Waals surface area contributed by atoms with Crippen molar-refractivity contribution in [2.45, 2.75) is 78.6 Å². The highest BCUT2D eigenvalue weighted by Gasteiger charge is 2.63. The molecule has 0 aromatic heterocycles. The number of ketones is 1. The summed E-state index contributed by atoms with van der Waals surface area (Å²) in [5.74, 6) is -3.26. The van der Waals surface area contributed by atoms with Crippen molar-refractivity contribution in [3.8, 4) is 0 Å². The molecule has 7 heteroatoms. The number of aliphatic hydroxyl groups excluding tert-OH is 4. The first-order valence-electron chi connectivity index (χ1n) is 14.7. The maximum atomic E-state index is 14.4. The van der Waals surface area contributed by atoms with Gasteiger partial charge in [0.25, 0.3) is 0 Å². The lowest BCUT2D eigenvalue weighted by Crippen LogP contribution is -2.54. The van der Waals surface area contributed by atoms with E-state index in [1.165, 1.54) is 0 Å². The van der Waals surface area contributed by atoms with Crippen LogP contribution in [0.2, 0.25) is 0 Å². The summed E-state index contributed by atoms with van der Waals surface area (Å²) in [7, 11) is 0. The van der Waals surface area contributed by atoms with Crippen LogP contribution in [0.15, 0.2) is 58.4 Å². The van der Waals surface area contributed by atoms with Crippen molar-refractivity contribution in [1.29, 1.82) is 0 Å². The van der Waals surface area contributed by atoms with Crippen LogP contribution >= 0.6 is 0 Å². The minimum atomic E-state index is -1.57. The Hall–Kier alpha value is -2.48. The summed E-state index contributed by atoms with van der Waals surface area (Å²) < 4.78 is 6.00. The molecule has 0 aromatic rings. The molecule has 5 rings (SSSR count). The smallest absolute Gasteiger partial charge is 0.346 e. The molecule has 0 unspecified atom stereocenters. The van der Waals surface area contributed by atoms with E-state index in [9.17, 15) is 30.0 Å². The standard InChI is InChI=1S/C33H44O7/c1-16-7-10-25(35)17(2)12-22-13-21(15-34)20(5)14-33(22)30(38)26(31(39)40-33)29(37)32(6)24(16)9-8-23-27(32)18(3)11-19(4)28(23)36/h7-9,12-13,18-20,22-25,27-28,34-37H,10-11,14-15H2,1-6H3/b16-7+,17-12+,29-26+/t18-,19-,20+,22+,23-,24-,25-,27+,28-,32+,33-/m0/s1. The van der Waals surface area contributed by atoms with E-state index in [0.717, 1.165) is 17.6 Å². The molecule has 0 amide bonds. The highest BCUT2D eigenvalue weighted by atomic mass is 16.6. The van der Waals surface area contributed by atoms with E-state index in [2.05, 4.69) is 6.92 Å². The van der Waals surface area contributed by atoms with Gasteiger partial charge in [-0.1, -0.05) is 63.6 Å². The van der Waals surface area contributed by atoms with Crippen LogP contribution in [-0.2, 0) is 14.3 Å². The number of allylic oxidation sites excluding steroid dienone is 3. The Morgan fingerprint density at radius 3 is 2.40 bits per heavy atom. The van der Waals surface area contributed by atoms with E-state index in [-0.39, 0.29) is 59.9 Å². The van der Waals surface area contributed by atoms with E-state index in [4.69, 9.17) is 4.74 Å². The lowest BCUT2D eigenvalue weighted by molar-refractivity contribution is -0.156. The van der Waals surface area contributed by atoms with Gasteiger partial charge in [-0.2, -0.15) is 0 Å². The zero-order chi connectivity index (χ0) is 29.3.